The maximum Gasteiger partial charge on any atom is 0.257 e. The Morgan fingerprint density at radius 3 is 2.67 bits per heavy atom. The molecular formula is C20H26N6O. The van der Waals surface area contributed by atoms with Gasteiger partial charge < -0.3 is 9.47 Å². The molecule has 1 saturated heterocycles. The summed E-state index contributed by atoms with van der Waals surface area (Å²) in [6.07, 6.45) is 15.3. The van der Waals surface area contributed by atoms with Gasteiger partial charge in [-0.25, -0.2) is 9.97 Å². The highest BCUT2D eigenvalue weighted by atomic mass is 16.2. The summed E-state index contributed by atoms with van der Waals surface area (Å²) >= 11 is 0. The molecular weight excluding hydrogens is 340 g/mol. The van der Waals surface area contributed by atoms with Crippen LogP contribution in [0.15, 0.2) is 25.0 Å². The standard InChI is InChI=1S/C20H26N6O/c27-19(16-8-21-13-22-9-16)25-11-17(20(12-25)6-2-1-3-7-20)18-24-23-14-26(18)10-15-4-5-15/h8-9,13-15,17H,1-7,10-12H2. The number of nitrogens with zero attached hydrogens (tertiary/aromatic N) is 6. The van der Waals surface area contributed by atoms with Crippen LogP contribution < -0.4 is 0 Å². The predicted octanol–water partition coefficient (Wildman–Crippen LogP) is 2.67. The second kappa shape index (κ2) is 6.69. The molecule has 7 nitrogen and oxygen atoms in total. The van der Waals surface area contributed by atoms with E-state index >= 15 is 0 Å². The summed E-state index contributed by atoms with van der Waals surface area (Å²) in [4.78, 5) is 23.1. The number of amides is 1. The predicted molar refractivity (Wildman–Crippen MR) is 98.9 cm³/mol. The van der Waals surface area contributed by atoms with Crippen molar-refractivity contribution in [2.24, 2.45) is 11.3 Å². The molecule has 3 fully saturated rings. The Labute approximate surface area is 159 Å². The van der Waals surface area contributed by atoms with Crippen molar-refractivity contribution >= 4 is 5.91 Å². The van der Waals surface area contributed by atoms with Crippen LogP contribution >= 0.6 is 0 Å². The zero-order valence-corrected chi connectivity index (χ0v) is 15.6. The third-order valence-corrected chi connectivity index (χ3v) is 6.70. The van der Waals surface area contributed by atoms with E-state index in [4.69, 9.17) is 0 Å². The number of carbonyl (C=O) groups excluding carboxylic acids is 1. The zero-order chi connectivity index (χ0) is 18.3. The quantitative estimate of drug-likeness (QED) is 0.831. The molecule has 0 aromatic carbocycles. The zero-order valence-electron chi connectivity index (χ0n) is 15.6. The summed E-state index contributed by atoms with van der Waals surface area (Å²) in [5.41, 5.74) is 0.710. The van der Waals surface area contributed by atoms with Gasteiger partial charge >= 0.3 is 0 Å². The van der Waals surface area contributed by atoms with Gasteiger partial charge in [0.05, 0.1) is 5.56 Å². The van der Waals surface area contributed by atoms with Crippen molar-refractivity contribution in [3.63, 3.8) is 0 Å². The molecule has 1 spiro atoms. The first kappa shape index (κ1) is 16.8. The lowest BCUT2D eigenvalue weighted by Crippen LogP contribution is -2.34. The van der Waals surface area contributed by atoms with Gasteiger partial charge in [0.25, 0.3) is 5.91 Å². The Balaban J connectivity index is 1.45. The normalized spacial score (nSPS) is 24.4. The highest BCUT2D eigenvalue weighted by Gasteiger charge is 2.50. The van der Waals surface area contributed by atoms with Gasteiger partial charge in [0.2, 0.25) is 0 Å². The summed E-state index contributed by atoms with van der Waals surface area (Å²) in [5.74, 6) is 2.18. The second-order valence-electron chi connectivity index (χ2n) is 8.57. The van der Waals surface area contributed by atoms with Crippen LogP contribution in [-0.4, -0.2) is 48.6 Å². The van der Waals surface area contributed by atoms with Crippen molar-refractivity contribution in [1.82, 2.24) is 29.6 Å². The molecule has 1 aliphatic heterocycles. The van der Waals surface area contributed by atoms with Gasteiger partial charge in [-0.3, -0.25) is 4.79 Å². The largest absolute Gasteiger partial charge is 0.337 e. The molecule has 27 heavy (non-hydrogen) atoms. The molecule has 1 unspecified atom stereocenters. The van der Waals surface area contributed by atoms with Crippen molar-refractivity contribution in [3.8, 4) is 0 Å². The van der Waals surface area contributed by atoms with Crippen molar-refractivity contribution in [2.45, 2.75) is 57.4 Å². The van der Waals surface area contributed by atoms with Crippen molar-refractivity contribution in [2.75, 3.05) is 13.1 Å². The van der Waals surface area contributed by atoms with E-state index in [1.807, 2.05) is 11.2 Å². The first-order valence-electron chi connectivity index (χ1n) is 10.2. The topological polar surface area (TPSA) is 76.8 Å². The molecule has 7 heteroatoms. The molecule has 5 rings (SSSR count). The molecule has 1 amide bonds. The Hall–Kier alpha value is -2.31. The summed E-state index contributed by atoms with van der Waals surface area (Å²) < 4.78 is 2.26. The minimum Gasteiger partial charge on any atom is -0.337 e. The molecule has 2 aromatic rings. The monoisotopic (exact) mass is 366 g/mol. The van der Waals surface area contributed by atoms with E-state index in [9.17, 15) is 4.79 Å². The third-order valence-electron chi connectivity index (χ3n) is 6.70. The average molecular weight is 366 g/mol. The minimum atomic E-state index is 0.0382. The number of aromatic nitrogens is 5. The average Bonchev–Trinajstić information content (AvgIpc) is 3.30. The van der Waals surface area contributed by atoms with Crippen LogP contribution in [0.3, 0.4) is 0 Å². The molecule has 2 aliphatic carbocycles. The van der Waals surface area contributed by atoms with Gasteiger partial charge in [-0.2, -0.15) is 0 Å². The highest BCUT2D eigenvalue weighted by molar-refractivity contribution is 5.93. The fraction of sp³-hybridized carbons (Fsp3) is 0.650. The van der Waals surface area contributed by atoms with E-state index < -0.39 is 0 Å². The van der Waals surface area contributed by atoms with Crippen molar-refractivity contribution in [1.29, 1.82) is 0 Å². The SMILES string of the molecule is O=C(c1cncnc1)N1CC(c2nncn2CC2CC2)C2(CCCCC2)C1. The Morgan fingerprint density at radius 1 is 1.15 bits per heavy atom. The molecule has 0 radical (unpaired) electrons. The fourth-order valence-electron chi connectivity index (χ4n) is 5.09. The van der Waals surface area contributed by atoms with Crippen LogP contribution in [0.4, 0.5) is 0 Å². The lowest BCUT2D eigenvalue weighted by molar-refractivity contribution is 0.0757. The maximum atomic E-state index is 13.1. The number of hydrogen-bond donors (Lipinski definition) is 0. The smallest absolute Gasteiger partial charge is 0.257 e. The first-order valence-corrected chi connectivity index (χ1v) is 10.2. The minimum absolute atomic E-state index is 0.0382. The summed E-state index contributed by atoms with van der Waals surface area (Å²) in [6, 6.07) is 0. The molecule has 142 valence electrons. The van der Waals surface area contributed by atoms with E-state index in [-0.39, 0.29) is 17.2 Å². The maximum absolute atomic E-state index is 13.1. The van der Waals surface area contributed by atoms with Crippen molar-refractivity contribution in [3.05, 3.63) is 36.4 Å². The summed E-state index contributed by atoms with van der Waals surface area (Å²) in [6.45, 7) is 2.55. The third kappa shape index (κ3) is 3.13. The van der Waals surface area contributed by atoms with Crippen LogP contribution in [-0.2, 0) is 6.54 Å². The van der Waals surface area contributed by atoms with Crippen LogP contribution in [0, 0.1) is 11.3 Å². The number of carbonyl (C=O) groups is 1. The van der Waals surface area contributed by atoms with E-state index in [1.165, 1.54) is 51.3 Å². The molecule has 2 saturated carbocycles. The first-order chi connectivity index (χ1) is 13.3. The van der Waals surface area contributed by atoms with Crippen LogP contribution in [0.2, 0.25) is 0 Å². The van der Waals surface area contributed by atoms with Crippen molar-refractivity contribution < 1.29 is 4.79 Å². The van der Waals surface area contributed by atoms with E-state index in [2.05, 4.69) is 24.7 Å². The van der Waals surface area contributed by atoms with Crippen LogP contribution in [0.1, 0.15) is 67.0 Å². The Kier molecular flexibility index (Phi) is 4.17. The Morgan fingerprint density at radius 2 is 1.93 bits per heavy atom. The molecule has 0 N–H and O–H groups in total. The number of hydrogen-bond acceptors (Lipinski definition) is 5. The van der Waals surface area contributed by atoms with Gasteiger partial charge in [0.15, 0.2) is 0 Å². The van der Waals surface area contributed by atoms with E-state index in [0.29, 0.717) is 5.56 Å². The van der Waals surface area contributed by atoms with Gasteiger partial charge in [0.1, 0.15) is 18.5 Å². The van der Waals surface area contributed by atoms with Crippen LogP contribution in [0.5, 0.6) is 0 Å². The highest BCUT2D eigenvalue weighted by Crippen LogP contribution is 2.52. The van der Waals surface area contributed by atoms with Gasteiger partial charge in [-0.05, 0) is 37.0 Å². The molecule has 0 bridgehead atoms. The number of likely N-dealkylation sites (tertiary alicyclic amines) is 1. The fourth-order valence-corrected chi connectivity index (χ4v) is 5.09. The van der Waals surface area contributed by atoms with Crippen LogP contribution in [0.25, 0.3) is 0 Å². The Bertz CT molecular complexity index is 809. The molecule has 3 aliphatic rings. The lowest BCUT2D eigenvalue weighted by Gasteiger charge is -2.37. The van der Waals surface area contributed by atoms with Gasteiger partial charge in [-0.1, -0.05) is 19.3 Å². The lowest BCUT2D eigenvalue weighted by atomic mass is 9.67. The van der Waals surface area contributed by atoms with E-state index in [1.54, 1.807) is 12.4 Å². The number of rotatable bonds is 4. The van der Waals surface area contributed by atoms with E-state index in [0.717, 1.165) is 31.4 Å². The van der Waals surface area contributed by atoms with Gasteiger partial charge in [0, 0.05) is 37.9 Å². The molecule has 2 aromatic heterocycles. The van der Waals surface area contributed by atoms with Gasteiger partial charge in [-0.15, -0.1) is 10.2 Å². The molecule has 3 heterocycles. The summed E-state index contributed by atoms with van der Waals surface area (Å²) in [7, 11) is 0. The molecule has 1 atom stereocenters. The summed E-state index contributed by atoms with van der Waals surface area (Å²) in [5, 5.41) is 8.79. The second-order valence-corrected chi connectivity index (χ2v) is 8.57.